The highest BCUT2D eigenvalue weighted by Gasteiger charge is 2.39. The van der Waals surface area contributed by atoms with Crippen molar-refractivity contribution in [2.45, 2.75) is 12.4 Å². The molecule has 11 heteroatoms. The lowest BCUT2D eigenvalue weighted by Crippen LogP contribution is -2.14. The average molecular weight is 419 g/mol. The Morgan fingerprint density at radius 3 is 2.18 bits per heavy atom. The van der Waals surface area contributed by atoms with E-state index in [4.69, 9.17) is 11.6 Å². The summed E-state index contributed by atoms with van der Waals surface area (Å²) in [5.74, 6) is -0.0716. The van der Waals surface area contributed by atoms with E-state index in [9.17, 15) is 26.3 Å². The summed E-state index contributed by atoms with van der Waals surface area (Å²) in [6.45, 7) is 0. The quantitative estimate of drug-likeness (QED) is 0.334. The summed E-state index contributed by atoms with van der Waals surface area (Å²) in [6, 6.07) is 8.68. The van der Waals surface area contributed by atoms with Crippen molar-refractivity contribution in [3.05, 3.63) is 64.3 Å². The first-order valence-electron chi connectivity index (χ1n) is 7.55. The van der Waals surface area contributed by atoms with Crippen LogP contribution in [0, 0.1) is 0 Å². The van der Waals surface area contributed by atoms with E-state index in [0.717, 1.165) is 12.1 Å². The molecule has 0 aliphatic heterocycles. The first-order chi connectivity index (χ1) is 13.0. The molecule has 146 valence electrons. The van der Waals surface area contributed by atoms with Crippen LogP contribution in [0.2, 0.25) is 5.02 Å². The van der Waals surface area contributed by atoms with Crippen molar-refractivity contribution in [2.75, 3.05) is 5.43 Å². The molecule has 1 aromatic carbocycles. The highest BCUT2D eigenvalue weighted by Crippen LogP contribution is 2.38. The van der Waals surface area contributed by atoms with E-state index in [2.05, 4.69) is 20.5 Å². The van der Waals surface area contributed by atoms with Gasteiger partial charge in [-0.1, -0.05) is 23.7 Å². The van der Waals surface area contributed by atoms with E-state index in [0.29, 0.717) is 10.6 Å². The summed E-state index contributed by atoms with van der Waals surface area (Å²) in [6.07, 6.45) is -8.67. The minimum Gasteiger partial charge on any atom is -0.261 e. The van der Waals surface area contributed by atoms with Gasteiger partial charge in [0.2, 0.25) is 0 Å². The second-order valence-corrected chi connectivity index (χ2v) is 5.98. The highest BCUT2D eigenvalue weighted by molar-refractivity contribution is 6.30. The van der Waals surface area contributed by atoms with Crippen molar-refractivity contribution >= 4 is 34.7 Å². The first kappa shape index (κ1) is 19.9. The van der Waals surface area contributed by atoms with Gasteiger partial charge in [0.25, 0.3) is 0 Å². The maximum atomic E-state index is 13.1. The van der Waals surface area contributed by atoms with E-state index in [1.807, 2.05) is 0 Å². The summed E-state index contributed by atoms with van der Waals surface area (Å²) in [5.41, 5.74) is -0.743. The number of aromatic nitrogens is 2. The van der Waals surface area contributed by atoms with Gasteiger partial charge in [-0.2, -0.15) is 31.4 Å². The van der Waals surface area contributed by atoms with Gasteiger partial charge in [-0.05, 0) is 35.9 Å². The van der Waals surface area contributed by atoms with Crippen LogP contribution < -0.4 is 5.43 Å². The highest BCUT2D eigenvalue weighted by atomic mass is 35.5. The van der Waals surface area contributed by atoms with Gasteiger partial charge in [0.15, 0.2) is 5.65 Å². The molecule has 0 aliphatic rings. The van der Waals surface area contributed by atoms with Gasteiger partial charge < -0.3 is 0 Å². The molecule has 0 saturated heterocycles. The molecule has 0 fully saturated rings. The molecule has 0 unspecified atom stereocenters. The SMILES string of the molecule is FC(F)(F)c1cc(C(F)(F)F)c2ccc(N/N=C/c3ccc(Cl)cc3)nc2n1. The number of benzene rings is 1. The molecule has 28 heavy (non-hydrogen) atoms. The number of halogens is 7. The molecule has 0 spiro atoms. The van der Waals surface area contributed by atoms with E-state index in [-0.39, 0.29) is 11.9 Å². The third kappa shape index (κ3) is 4.50. The molecular weight excluding hydrogens is 410 g/mol. The molecular formula is C17H9ClF6N4. The zero-order valence-corrected chi connectivity index (χ0v) is 14.4. The number of nitrogens with one attached hydrogen (secondary N) is 1. The molecule has 0 amide bonds. The summed E-state index contributed by atoms with van der Waals surface area (Å²) < 4.78 is 78.1. The fourth-order valence-electron chi connectivity index (χ4n) is 2.27. The van der Waals surface area contributed by atoms with E-state index >= 15 is 0 Å². The zero-order valence-electron chi connectivity index (χ0n) is 13.6. The Morgan fingerprint density at radius 2 is 1.57 bits per heavy atom. The lowest BCUT2D eigenvalue weighted by atomic mass is 10.1. The Kier molecular flexibility index (Phi) is 5.16. The summed E-state index contributed by atoms with van der Waals surface area (Å²) in [7, 11) is 0. The average Bonchev–Trinajstić information content (AvgIpc) is 2.60. The molecule has 2 aromatic heterocycles. The lowest BCUT2D eigenvalue weighted by molar-refractivity contribution is -0.144. The Morgan fingerprint density at radius 1 is 0.893 bits per heavy atom. The van der Waals surface area contributed by atoms with Gasteiger partial charge in [0.1, 0.15) is 11.5 Å². The van der Waals surface area contributed by atoms with Crippen LogP contribution in [-0.2, 0) is 12.4 Å². The van der Waals surface area contributed by atoms with E-state index < -0.39 is 34.6 Å². The van der Waals surface area contributed by atoms with Crippen LogP contribution in [0.5, 0.6) is 0 Å². The van der Waals surface area contributed by atoms with Crippen LogP contribution in [0.4, 0.5) is 32.2 Å². The van der Waals surface area contributed by atoms with Gasteiger partial charge in [0.05, 0.1) is 11.8 Å². The Labute approximate surface area is 158 Å². The minimum absolute atomic E-state index is 0.0319. The molecule has 3 rings (SSSR count). The van der Waals surface area contributed by atoms with Crippen LogP contribution in [0.3, 0.4) is 0 Å². The number of hydrogen-bond donors (Lipinski definition) is 1. The Balaban J connectivity index is 1.96. The second kappa shape index (κ2) is 7.27. The summed E-state index contributed by atoms with van der Waals surface area (Å²) >= 11 is 5.75. The monoisotopic (exact) mass is 418 g/mol. The van der Waals surface area contributed by atoms with Crippen LogP contribution in [0.25, 0.3) is 11.0 Å². The second-order valence-electron chi connectivity index (χ2n) is 5.54. The molecule has 0 bridgehead atoms. The van der Waals surface area contributed by atoms with Gasteiger partial charge in [0, 0.05) is 10.4 Å². The normalized spacial score (nSPS) is 12.7. The topological polar surface area (TPSA) is 50.2 Å². The molecule has 0 atom stereocenters. The van der Waals surface area contributed by atoms with Crippen LogP contribution in [0.15, 0.2) is 47.6 Å². The third-order valence-electron chi connectivity index (χ3n) is 3.53. The molecule has 0 radical (unpaired) electrons. The van der Waals surface area contributed by atoms with Gasteiger partial charge >= 0.3 is 12.4 Å². The predicted molar refractivity (Wildman–Crippen MR) is 92.2 cm³/mol. The fraction of sp³-hybridized carbons (Fsp3) is 0.118. The van der Waals surface area contributed by atoms with Gasteiger partial charge in [-0.3, -0.25) is 5.43 Å². The largest absolute Gasteiger partial charge is 0.433 e. The van der Waals surface area contributed by atoms with Crippen molar-refractivity contribution in [2.24, 2.45) is 5.10 Å². The smallest absolute Gasteiger partial charge is 0.261 e. The van der Waals surface area contributed by atoms with Crippen molar-refractivity contribution < 1.29 is 26.3 Å². The number of hydrazone groups is 1. The number of pyridine rings is 2. The van der Waals surface area contributed by atoms with Crippen molar-refractivity contribution in [3.63, 3.8) is 0 Å². The molecule has 4 nitrogen and oxygen atoms in total. The number of hydrogen-bond acceptors (Lipinski definition) is 4. The lowest BCUT2D eigenvalue weighted by Gasteiger charge is -2.14. The van der Waals surface area contributed by atoms with E-state index in [1.54, 1.807) is 24.3 Å². The predicted octanol–water partition coefficient (Wildman–Crippen LogP) is 5.77. The number of fused-ring (bicyclic) bond motifs is 1. The number of rotatable bonds is 3. The zero-order chi connectivity index (χ0) is 20.5. The maximum absolute atomic E-state index is 13.1. The van der Waals surface area contributed by atoms with Crippen molar-refractivity contribution in [3.8, 4) is 0 Å². The summed E-state index contributed by atoms with van der Waals surface area (Å²) in [4.78, 5) is 6.93. The van der Waals surface area contributed by atoms with Crippen molar-refractivity contribution in [1.82, 2.24) is 9.97 Å². The van der Waals surface area contributed by atoms with Gasteiger partial charge in [-0.15, -0.1) is 0 Å². The molecule has 3 aromatic rings. The number of alkyl halides is 6. The maximum Gasteiger partial charge on any atom is 0.433 e. The Hall–Kier alpha value is -2.88. The van der Waals surface area contributed by atoms with Crippen LogP contribution in [-0.4, -0.2) is 16.2 Å². The van der Waals surface area contributed by atoms with Crippen LogP contribution in [0.1, 0.15) is 16.8 Å². The minimum atomic E-state index is -5.05. The summed E-state index contributed by atoms with van der Waals surface area (Å²) in [5, 5.41) is 3.81. The van der Waals surface area contributed by atoms with Crippen LogP contribution >= 0.6 is 11.6 Å². The molecule has 0 saturated carbocycles. The standard InChI is InChI=1S/C17H9ClF6N4/c18-10-3-1-9(2-4-10)8-25-28-14-6-5-11-12(16(19,20)21)7-13(17(22,23)24)26-15(11)27-14/h1-8H,(H,26,27,28)/b25-8+. The molecule has 2 heterocycles. The first-order valence-corrected chi connectivity index (χ1v) is 7.93. The molecule has 1 N–H and O–H groups in total. The van der Waals surface area contributed by atoms with Gasteiger partial charge in [-0.25, -0.2) is 9.97 Å². The number of nitrogens with zero attached hydrogens (tertiary/aromatic N) is 3. The van der Waals surface area contributed by atoms with Crippen molar-refractivity contribution in [1.29, 1.82) is 0 Å². The fourth-order valence-corrected chi connectivity index (χ4v) is 2.39. The third-order valence-corrected chi connectivity index (χ3v) is 3.78. The Bertz CT molecular complexity index is 1030. The molecule has 0 aliphatic carbocycles. The number of anilines is 1. The van der Waals surface area contributed by atoms with E-state index in [1.165, 1.54) is 6.21 Å².